The van der Waals surface area contributed by atoms with E-state index in [2.05, 4.69) is 0 Å². The number of hydrogen-bond acceptors (Lipinski definition) is 5. The van der Waals surface area contributed by atoms with Gasteiger partial charge in [-0.1, -0.05) is 12.1 Å². The zero-order valence-electron chi connectivity index (χ0n) is 16.0. The molecular formula is C20H21N3O4S. The van der Waals surface area contributed by atoms with E-state index in [1.54, 1.807) is 20.2 Å². The van der Waals surface area contributed by atoms with Crippen molar-refractivity contribution in [1.29, 1.82) is 0 Å². The molecule has 0 bridgehead atoms. The van der Waals surface area contributed by atoms with Crippen molar-refractivity contribution < 1.29 is 9.53 Å². The Morgan fingerprint density at radius 1 is 1.14 bits per heavy atom. The molecule has 3 heterocycles. The second-order valence-electron chi connectivity index (χ2n) is 6.96. The first-order valence-corrected chi connectivity index (χ1v) is 9.88. The van der Waals surface area contributed by atoms with Crippen LogP contribution >= 0.6 is 11.3 Å². The highest BCUT2D eigenvalue weighted by atomic mass is 32.1. The predicted molar refractivity (Wildman–Crippen MR) is 108 cm³/mol. The quantitative estimate of drug-likeness (QED) is 0.677. The second kappa shape index (κ2) is 6.94. The fourth-order valence-corrected chi connectivity index (χ4v) is 4.85. The molecule has 0 radical (unpaired) electrons. The van der Waals surface area contributed by atoms with Gasteiger partial charge in [0.25, 0.3) is 11.5 Å². The van der Waals surface area contributed by atoms with Gasteiger partial charge in [0, 0.05) is 20.6 Å². The van der Waals surface area contributed by atoms with Gasteiger partial charge >= 0.3 is 5.69 Å². The standard InChI is InChI=1S/C20H21N3O4S/c1-21-17(24)14-11-16(28-19(14)22(2)20(21)26)18(25)23-10-4-5-15(23)12-6-8-13(27-3)9-7-12/h6-9,11,15H,4-5,10H2,1-3H3. The van der Waals surface area contributed by atoms with Gasteiger partial charge in [-0.25, -0.2) is 4.79 Å². The van der Waals surface area contributed by atoms with Crippen LogP contribution in [-0.4, -0.2) is 33.6 Å². The molecule has 1 aromatic carbocycles. The number of carbonyl (C=O) groups is 1. The summed E-state index contributed by atoms with van der Waals surface area (Å²) < 4.78 is 7.70. The zero-order chi connectivity index (χ0) is 20.0. The van der Waals surface area contributed by atoms with Gasteiger partial charge < -0.3 is 9.64 Å². The van der Waals surface area contributed by atoms with Gasteiger partial charge in [-0.15, -0.1) is 11.3 Å². The molecule has 28 heavy (non-hydrogen) atoms. The van der Waals surface area contributed by atoms with E-state index in [1.807, 2.05) is 29.2 Å². The molecule has 0 aliphatic carbocycles. The third-order valence-electron chi connectivity index (χ3n) is 5.35. The molecule has 1 amide bonds. The number of methoxy groups -OCH3 is 1. The van der Waals surface area contributed by atoms with Crippen molar-refractivity contribution in [2.45, 2.75) is 18.9 Å². The maximum Gasteiger partial charge on any atom is 0.331 e. The maximum atomic E-state index is 13.2. The lowest BCUT2D eigenvalue weighted by molar-refractivity contribution is 0.0740. The van der Waals surface area contributed by atoms with E-state index in [0.29, 0.717) is 21.6 Å². The molecule has 3 aromatic rings. The number of ether oxygens (including phenoxy) is 1. The van der Waals surface area contributed by atoms with E-state index in [4.69, 9.17) is 4.74 Å². The lowest BCUT2D eigenvalue weighted by Crippen LogP contribution is -2.36. The summed E-state index contributed by atoms with van der Waals surface area (Å²) in [6.07, 6.45) is 1.82. The lowest BCUT2D eigenvalue weighted by atomic mass is 10.0. The molecule has 4 rings (SSSR count). The monoisotopic (exact) mass is 399 g/mol. The Hall–Kier alpha value is -2.87. The molecule has 0 saturated carbocycles. The summed E-state index contributed by atoms with van der Waals surface area (Å²) in [6, 6.07) is 9.38. The molecule has 0 spiro atoms. The molecule has 1 aliphatic heterocycles. The minimum Gasteiger partial charge on any atom is -0.497 e. The van der Waals surface area contributed by atoms with Crippen LogP contribution in [0.25, 0.3) is 10.2 Å². The fraction of sp³-hybridized carbons (Fsp3) is 0.350. The molecule has 1 atom stereocenters. The number of hydrogen-bond donors (Lipinski definition) is 0. The van der Waals surface area contributed by atoms with Crippen LogP contribution in [0.3, 0.4) is 0 Å². The van der Waals surface area contributed by atoms with Crippen molar-refractivity contribution in [3.05, 3.63) is 61.6 Å². The van der Waals surface area contributed by atoms with Crippen molar-refractivity contribution in [3.63, 3.8) is 0 Å². The number of aromatic nitrogens is 2. The van der Waals surface area contributed by atoms with E-state index in [-0.39, 0.29) is 17.5 Å². The fourth-order valence-electron chi connectivity index (χ4n) is 3.79. The number of carbonyl (C=O) groups excluding carboxylic acids is 1. The third kappa shape index (κ3) is 2.84. The predicted octanol–water partition coefficient (Wildman–Crippen LogP) is 2.28. The normalized spacial score (nSPS) is 16.7. The molecular weight excluding hydrogens is 378 g/mol. The minimum absolute atomic E-state index is 0.00438. The van der Waals surface area contributed by atoms with Crippen molar-refractivity contribution in [1.82, 2.24) is 14.0 Å². The number of nitrogens with zero attached hydrogens (tertiary/aromatic N) is 3. The summed E-state index contributed by atoms with van der Waals surface area (Å²) in [4.78, 5) is 40.7. The van der Waals surface area contributed by atoms with Crippen LogP contribution in [0.15, 0.2) is 39.9 Å². The number of benzene rings is 1. The zero-order valence-corrected chi connectivity index (χ0v) is 16.8. The maximum absolute atomic E-state index is 13.2. The van der Waals surface area contributed by atoms with Crippen LogP contribution in [0, 0.1) is 0 Å². The summed E-state index contributed by atoms with van der Waals surface area (Å²) in [5.74, 6) is 0.676. The number of likely N-dealkylation sites (tertiary alicyclic amines) is 1. The van der Waals surface area contributed by atoms with Gasteiger partial charge in [0.2, 0.25) is 0 Å². The Morgan fingerprint density at radius 2 is 1.86 bits per heavy atom. The molecule has 1 unspecified atom stereocenters. The van der Waals surface area contributed by atoms with E-state index in [0.717, 1.165) is 28.7 Å². The van der Waals surface area contributed by atoms with Crippen LogP contribution in [0.4, 0.5) is 0 Å². The van der Waals surface area contributed by atoms with Crippen molar-refractivity contribution in [2.75, 3.05) is 13.7 Å². The highest BCUT2D eigenvalue weighted by Crippen LogP contribution is 2.35. The first kappa shape index (κ1) is 18.5. The number of fused-ring (bicyclic) bond motifs is 1. The van der Waals surface area contributed by atoms with Crippen LogP contribution in [0.5, 0.6) is 5.75 Å². The van der Waals surface area contributed by atoms with Crippen molar-refractivity contribution in [3.8, 4) is 5.75 Å². The lowest BCUT2D eigenvalue weighted by Gasteiger charge is -2.24. The van der Waals surface area contributed by atoms with Gasteiger partial charge in [0.05, 0.1) is 23.4 Å². The average Bonchev–Trinajstić information content (AvgIpc) is 3.38. The van der Waals surface area contributed by atoms with E-state index in [1.165, 1.54) is 23.0 Å². The Kier molecular flexibility index (Phi) is 4.58. The van der Waals surface area contributed by atoms with Gasteiger partial charge in [-0.3, -0.25) is 18.7 Å². The number of aryl methyl sites for hydroxylation is 1. The number of thiophene rings is 1. The van der Waals surface area contributed by atoms with Gasteiger partial charge in [-0.05, 0) is 36.6 Å². The summed E-state index contributed by atoms with van der Waals surface area (Å²) >= 11 is 1.20. The Labute approximate surface area is 165 Å². The largest absolute Gasteiger partial charge is 0.497 e. The SMILES string of the molecule is COc1ccc(C2CCCN2C(=O)c2cc3c(=O)n(C)c(=O)n(C)c3s2)cc1. The van der Waals surface area contributed by atoms with Gasteiger partial charge in [-0.2, -0.15) is 0 Å². The average molecular weight is 399 g/mol. The molecule has 0 N–H and O–H groups in total. The molecule has 8 heteroatoms. The number of rotatable bonds is 3. The van der Waals surface area contributed by atoms with Crippen LogP contribution < -0.4 is 16.0 Å². The van der Waals surface area contributed by atoms with Crippen molar-refractivity contribution in [2.24, 2.45) is 14.1 Å². The first-order valence-electron chi connectivity index (χ1n) is 9.07. The topological polar surface area (TPSA) is 73.5 Å². The molecule has 1 fully saturated rings. The van der Waals surface area contributed by atoms with Gasteiger partial charge in [0.15, 0.2) is 0 Å². The summed E-state index contributed by atoms with van der Waals surface area (Å²) in [5.41, 5.74) is 0.299. The molecule has 146 valence electrons. The molecule has 2 aromatic heterocycles. The Bertz CT molecular complexity index is 1170. The smallest absolute Gasteiger partial charge is 0.331 e. The summed E-state index contributed by atoms with van der Waals surface area (Å²) in [5, 5.41) is 0.401. The van der Waals surface area contributed by atoms with E-state index in [9.17, 15) is 14.4 Å². The Balaban J connectivity index is 1.72. The van der Waals surface area contributed by atoms with Crippen LogP contribution in [0.1, 0.15) is 34.1 Å². The van der Waals surface area contributed by atoms with Crippen LogP contribution in [0.2, 0.25) is 0 Å². The highest BCUT2D eigenvalue weighted by Gasteiger charge is 2.32. The van der Waals surface area contributed by atoms with E-state index >= 15 is 0 Å². The second-order valence-corrected chi connectivity index (χ2v) is 8.00. The molecule has 1 saturated heterocycles. The summed E-state index contributed by atoms with van der Waals surface area (Å²) in [7, 11) is 4.69. The van der Waals surface area contributed by atoms with E-state index < -0.39 is 5.69 Å². The number of amides is 1. The minimum atomic E-state index is -0.393. The molecule has 7 nitrogen and oxygen atoms in total. The Morgan fingerprint density at radius 3 is 2.54 bits per heavy atom. The summed E-state index contributed by atoms with van der Waals surface area (Å²) in [6.45, 7) is 0.667. The van der Waals surface area contributed by atoms with Crippen LogP contribution in [-0.2, 0) is 14.1 Å². The molecule has 1 aliphatic rings. The third-order valence-corrected chi connectivity index (χ3v) is 6.55. The van der Waals surface area contributed by atoms with Gasteiger partial charge in [0.1, 0.15) is 10.6 Å². The highest BCUT2D eigenvalue weighted by molar-refractivity contribution is 7.20. The van der Waals surface area contributed by atoms with Crippen molar-refractivity contribution >= 4 is 27.5 Å². The first-order chi connectivity index (χ1) is 13.4.